The fraction of sp³-hybridized carbons (Fsp3) is 0.333. The second kappa shape index (κ2) is 3.26. The minimum absolute atomic E-state index is 0.0904. The predicted molar refractivity (Wildman–Crippen MR) is 53.8 cm³/mol. The highest BCUT2D eigenvalue weighted by Crippen LogP contribution is 2.22. The molecule has 2 aromatic heterocycles. The topological polar surface area (TPSA) is 77.0 Å². The van der Waals surface area contributed by atoms with Crippen LogP contribution in [0, 0.1) is 6.92 Å². The highest BCUT2D eigenvalue weighted by atomic mass is 16.3. The summed E-state index contributed by atoms with van der Waals surface area (Å²) in [6, 6.07) is 0. The molecule has 2 heterocycles. The van der Waals surface area contributed by atoms with Crippen LogP contribution < -0.4 is 5.73 Å². The zero-order valence-electron chi connectivity index (χ0n) is 7.94. The third-order valence-corrected chi connectivity index (χ3v) is 2.21. The molecule has 5 nitrogen and oxygen atoms in total. The van der Waals surface area contributed by atoms with Gasteiger partial charge in [0, 0.05) is 12.7 Å². The monoisotopic (exact) mass is 192 g/mol. The maximum absolute atomic E-state index is 8.86. The highest BCUT2D eigenvalue weighted by molar-refractivity contribution is 5.89. The van der Waals surface area contributed by atoms with Crippen molar-refractivity contribution >= 4 is 16.9 Å². The van der Waals surface area contributed by atoms with Crippen LogP contribution in [0.1, 0.15) is 5.56 Å². The summed E-state index contributed by atoms with van der Waals surface area (Å²) in [6.45, 7) is 2.57. The van der Waals surface area contributed by atoms with E-state index in [0.717, 1.165) is 16.6 Å². The number of anilines is 1. The number of aliphatic hydroxyl groups is 1. The summed E-state index contributed by atoms with van der Waals surface area (Å²) in [5.74, 6) is 0.490. The minimum Gasteiger partial charge on any atom is -0.395 e. The summed E-state index contributed by atoms with van der Waals surface area (Å²) in [7, 11) is 0. The molecule has 5 heteroatoms. The summed E-state index contributed by atoms with van der Waals surface area (Å²) in [5, 5.41) is 9.74. The maximum atomic E-state index is 8.86. The Hall–Kier alpha value is -1.62. The van der Waals surface area contributed by atoms with Gasteiger partial charge in [-0.2, -0.15) is 0 Å². The van der Waals surface area contributed by atoms with E-state index in [1.54, 1.807) is 0 Å². The summed E-state index contributed by atoms with van der Waals surface area (Å²) in [6.07, 6.45) is 3.36. The van der Waals surface area contributed by atoms with E-state index in [0.29, 0.717) is 12.4 Å². The van der Waals surface area contributed by atoms with Crippen LogP contribution >= 0.6 is 0 Å². The van der Waals surface area contributed by atoms with E-state index in [2.05, 4.69) is 9.97 Å². The Kier molecular flexibility index (Phi) is 2.09. The molecule has 0 bridgehead atoms. The van der Waals surface area contributed by atoms with Crippen LogP contribution in [0.3, 0.4) is 0 Å². The second-order valence-electron chi connectivity index (χ2n) is 3.19. The molecule has 2 rings (SSSR count). The smallest absolute Gasteiger partial charge is 0.145 e. The third kappa shape index (κ3) is 1.22. The molecule has 74 valence electrons. The van der Waals surface area contributed by atoms with Crippen LogP contribution in [0.5, 0.6) is 0 Å². The molecule has 3 N–H and O–H groups in total. The Bertz CT molecular complexity index is 463. The van der Waals surface area contributed by atoms with Gasteiger partial charge in [-0.1, -0.05) is 0 Å². The lowest BCUT2D eigenvalue weighted by Gasteiger charge is -2.00. The van der Waals surface area contributed by atoms with E-state index in [4.69, 9.17) is 10.8 Å². The first-order chi connectivity index (χ1) is 6.74. The third-order valence-electron chi connectivity index (χ3n) is 2.21. The van der Waals surface area contributed by atoms with Crippen molar-refractivity contribution in [2.24, 2.45) is 0 Å². The first-order valence-electron chi connectivity index (χ1n) is 4.41. The van der Waals surface area contributed by atoms with Crippen molar-refractivity contribution in [3.63, 3.8) is 0 Å². The zero-order valence-corrected chi connectivity index (χ0v) is 7.94. The van der Waals surface area contributed by atoms with Gasteiger partial charge in [-0.05, 0) is 12.5 Å². The summed E-state index contributed by atoms with van der Waals surface area (Å²) in [5.41, 5.74) is 7.55. The standard InChI is InChI=1S/C9H12N4O/c1-6-4-13(2-3-14)9-7(6)8(10)11-5-12-9/h4-5,14H,2-3H2,1H3,(H2,10,11,12). The molecule has 0 aromatic carbocycles. The number of hydrogen-bond donors (Lipinski definition) is 2. The van der Waals surface area contributed by atoms with Crippen molar-refractivity contribution < 1.29 is 5.11 Å². The van der Waals surface area contributed by atoms with E-state index < -0.39 is 0 Å². The zero-order chi connectivity index (χ0) is 10.1. The molecule has 0 saturated heterocycles. The number of nitrogens with two attached hydrogens (primary N) is 1. The number of aryl methyl sites for hydroxylation is 1. The Morgan fingerprint density at radius 2 is 2.29 bits per heavy atom. The fourth-order valence-corrected chi connectivity index (χ4v) is 1.62. The summed E-state index contributed by atoms with van der Waals surface area (Å²) < 4.78 is 1.88. The van der Waals surface area contributed by atoms with Crippen molar-refractivity contribution in [2.75, 3.05) is 12.3 Å². The number of aromatic nitrogens is 3. The predicted octanol–water partition coefficient (Wildman–Crippen LogP) is 0.314. The Labute approximate surface area is 81.2 Å². The van der Waals surface area contributed by atoms with Gasteiger partial charge in [-0.25, -0.2) is 9.97 Å². The number of rotatable bonds is 2. The van der Waals surface area contributed by atoms with Crippen molar-refractivity contribution in [2.45, 2.75) is 13.5 Å². The highest BCUT2D eigenvalue weighted by Gasteiger charge is 2.09. The van der Waals surface area contributed by atoms with Gasteiger partial charge in [-0.3, -0.25) is 0 Å². The van der Waals surface area contributed by atoms with Crippen LogP contribution in [0.2, 0.25) is 0 Å². The lowest BCUT2D eigenvalue weighted by atomic mass is 10.2. The van der Waals surface area contributed by atoms with E-state index in [-0.39, 0.29) is 6.61 Å². The van der Waals surface area contributed by atoms with Crippen LogP contribution in [0.15, 0.2) is 12.5 Å². The molecule has 0 saturated carbocycles. The SMILES string of the molecule is Cc1cn(CCO)c2ncnc(N)c12. The van der Waals surface area contributed by atoms with Crippen molar-refractivity contribution in [1.29, 1.82) is 0 Å². The fourth-order valence-electron chi connectivity index (χ4n) is 1.62. The van der Waals surface area contributed by atoms with Gasteiger partial charge in [0.1, 0.15) is 17.8 Å². The van der Waals surface area contributed by atoms with Gasteiger partial charge in [-0.15, -0.1) is 0 Å². The largest absolute Gasteiger partial charge is 0.395 e. The lowest BCUT2D eigenvalue weighted by Crippen LogP contribution is -2.02. The molecule has 0 unspecified atom stereocenters. The molecular formula is C9H12N4O. The molecule has 14 heavy (non-hydrogen) atoms. The quantitative estimate of drug-likeness (QED) is 0.718. The number of hydrogen-bond acceptors (Lipinski definition) is 4. The maximum Gasteiger partial charge on any atom is 0.145 e. The molecule has 0 atom stereocenters. The van der Waals surface area contributed by atoms with E-state index in [9.17, 15) is 0 Å². The summed E-state index contributed by atoms with van der Waals surface area (Å²) in [4.78, 5) is 8.07. The molecule has 0 radical (unpaired) electrons. The average molecular weight is 192 g/mol. The van der Waals surface area contributed by atoms with Crippen LogP contribution in [-0.2, 0) is 6.54 Å². The van der Waals surface area contributed by atoms with E-state index >= 15 is 0 Å². The van der Waals surface area contributed by atoms with Crippen molar-refractivity contribution in [1.82, 2.24) is 14.5 Å². The number of aliphatic hydroxyl groups excluding tert-OH is 1. The molecule has 2 aromatic rings. The minimum atomic E-state index is 0.0904. The molecule has 0 fully saturated rings. The Morgan fingerprint density at radius 1 is 1.50 bits per heavy atom. The lowest BCUT2D eigenvalue weighted by molar-refractivity contribution is 0.278. The number of fused-ring (bicyclic) bond motifs is 1. The number of nitrogen functional groups attached to an aromatic ring is 1. The Morgan fingerprint density at radius 3 is 3.00 bits per heavy atom. The van der Waals surface area contributed by atoms with Crippen LogP contribution in [0.25, 0.3) is 11.0 Å². The molecule has 0 aliphatic rings. The first kappa shape index (κ1) is 8.96. The van der Waals surface area contributed by atoms with Gasteiger partial charge in [0.25, 0.3) is 0 Å². The van der Waals surface area contributed by atoms with Gasteiger partial charge in [0.2, 0.25) is 0 Å². The molecule has 0 aliphatic heterocycles. The van der Waals surface area contributed by atoms with Crippen molar-refractivity contribution in [3.05, 3.63) is 18.1 Å². The van der Waals surface area contributed by atoms with Gasteiger partial charge < -0.3 is 15.4 Å². The van der Waals surface area contributed by atoms with Crippen LogP contribution in [-0.4, -0.2) is 26.2 Å². The summed E-state index contributed by atoms with van der Waals surface area (Å²) >= 11 is 0. The molecule has 0 spiro atoms. The first-order valence-corrected chi connectivity index (χ1v) is 4.41. The van der Waals surface area contributed by atoms with E-state index in [1.165, 1.54) is 6.33 Å². The number of nitrogens with zero attached hydrogens (tertiary/aromatic N) is 3. The Balaban J connectivity index is 2.71. The van der Waals surface area contributed by atoms with Gasteiger partial charge in [0.15, 0.2) is 0 Å². The van der Waals surface area contributed by atoms with Crippen molar-refractivity contribution in [3.8, 4) is 0 Å². The molecule has 0 aliphatic carbocycles. The normalized spacial score (nSPS) is 11.0. The average Bonchev–Trinajstić information content (AvgIpc) is 2.46. The van der Waals surface area contributed by atoms with E-state index in [1.807, 2.05) is 17.7 Å². The molecule has 0 amide bonds. The van der Waals surface area contributed by atoms with Crippen LogP contribution in [0.4, 0.5) is 5.82 Å². The van der Waals surface area contributed by atoms with Gasteiger partial charge >= 0.3 is 0 Å². The second-order valence-corrected chi connectivity index (χ2v) is 3.19. The molecular weight excluding hydrogens is 180 g/mol. The van der Waals surface area contributed by atoms with Gasteiger partial charge in [0.05, 0.1) is 12.0 Å².